The van der Waals surface area contributed by atoms with E-state index in [0.717, 1.165) is 28.2 Å². The molecule has 0 unspecified atom stereocenters. The Morgan fingerprint density at radius 3 is 2.31 bits per heavy atom. The van der Waals surface area contributed by atoms with Crippen molar-refractivity contribution in [1.29, 1.82) is 0 Å². The average molecular weight is 365 g/mol. The number of thiophene rings is 1. The molecule has 0 aliphatic heterocycles. The summed E-state index contributed by atoms with van der Waals surface area (Å²) in [7, 11) is 1.64. The van der Waals surface area contributed by atoms with Gasteiger partial charge in [0.05, 0.1) is 19.6 Å². The normalized spacial score (nSPS) is 11.8. The molecule has 0 saturated carbocycles. The van der Waals surface area contributed by atoms with E-state index in [0.29, 0.717) is 6.42 Å². The Morgan fingerprint density at radius 2 is 1.73 bits per heavy atom. The molecule has 3 aromatic rings. The maximum Gasteiger partial charge on any atom is 0.225 e. The summed E-state index contributed by atoms with van der Waals surface area (Å²) >= 11 is 1.66. The summed E-state index contributed by atoms with van der Waals surface area (Å²) in [6.07, 6.45) is 1.35. The quantitative estimate of drug-likeness (QED) is 0.655. The zero-order valence-electron chi connectivity index (χ0n) is 15.1. The summed E-state index contributed by atoms with van der Waals surface area (Å²) in [5, 5.41) is 5.23. The molecule has 1 N–H and O–H groups in total. The van der Waals surface area contributed by atoms with Gasteiger partial charge in [0.25, 0.3) is 0 Å². The summed E-state index contributed by atoms with van der Waals surface area (Å²) < 4.78 is 5.17. The molecule has 3 nitrogen and oxygen atoms in total. The fraction of sp³-hybridized carbons (Fsp3) is 0.227. The highest BCUT2D eigenvalue weighted by atomic mass is 32.1. The van der Waals surface area contributed by atoms with Crippen molar-refractivity contribution in [2.24, 2.45) is 0 Å². The van der Waals surface area contributed by atoms with E-state index in [-0.39, 0.29) is 11.9 Å². The first-order chi connectivity index (χ1) is 12.7. The summed E-state index contributed by atoms with van der Waals surface area (Å²) in [6.45, 7) is 2.14. The Balaban J connectivity index is 1.75. The number of aryl methyl sites for hydroxylation is 1. The van der Waals surface area contributed by atoms with Gasteiger partial charge in [0.15, 0.2) is 0 Å². The Hall–Kier alpha value is -2.59. The maximum atomic E-state index is 12.6. The number of nitrogens with one attached hydrogen (secondary N) is 1. The van der Waals surface area contributed by atoms with Gasteiger partial charge in [-0.05, 0) is 46.7 Å². The molecule has 2 aromatic carbocycles. The Kier molecular flexibility index (Phi) is 6.08. The first kappa shape index (κ1) is 18.2. The van der Waals surface area contributed by atoms with Crippen molar-refractivity contribution in [3.05, 3.63) is 87.6 Å². The van der Waals surface area contributed by atoms with Crippen molar-refractivity contribution in [3.8, 4) is 5.75 Å². The van der Waals surface area contributed by atoms with Crippen LogP contribution in [0.1, 0.15) is 34.5 Å². The number of carbonyl (C=O) groups is 1. The minimum Gasteiger partial charge on any atom is -0.497 e. The molecule has 1 atom stereocenters. The number of hydrogen-bond acceptors (Lipinski definition) is 3. The van der Waals surface area contributed by atoms with E-state index < -0.39 is 0 Å². The second kappa shape index (κ2) is 8.68. The highest BCUT2D eigenvalue weighted by Crippen LogP contribution is 2.26. The van der Waals surface area contributed by atoms with Gasteiger partial charge in [0, 0.05) is 4.88 Å². The number of benzene rings is 2. The van der Waals surface area contributed by atoms with Crippen molar-refractivity contribution in [2.75, 3.05) is 7.11 Å². The van der Waals surface area contributed by atoms with E-state index in [1.807, 2.05) is 35.7 Å². The molecule has 3 rings (SSSR count). The molecule has 134 valence electrons. The largest absolute Gasteiger partial charge is 0.497 e. The summed E-state index contributed by atoms with van der Waals surface area (Å²) in [5.41, 5.74) is 3.37. The van der Waals surface area contributed by atoms with Gasteiger partial charge >= 0.3 is 0 Å². The standard InChI is InChI=1S/C22H23NO2S/c1-3-16-6-10-18(11-7-16)22(20-5-4-14-26-20)23-21(24)15-17-8-12-19(25-2)13-9-17/h4-14,22H,3,15H2,1-2H3,(H,23,24)/t22-/m0/s1. The summed E-state index contributed by atoms with van der Waals surface area (Å²) in [6, 6.07) is 20.0. The van der Waals surface area contributed by atoms with Crippen molar-refractivity contribution >= 4 is 17.2 Å². The van der Waals surface area contributed by atoms with Gasteiger partial charge in [-0.3, -0.25) is 4.79 Å². The lowest BCUT2D eigenvalue weighted by atomic mass is 10.0. The molecule has 0 radical (unpaired) electrons. The zero-order chi connectivity index (χ0) is 18.4. The lowest BCUT2D eigenvalue weighted by molar-refractivity contribution is -0.120. The topological polar surface area (TPSA) is 38.3 Å². The molecule has 1 amide bonds. The molecular formula is C22H23NO2S. The Bertz CT molecular complexity index is 824. The van der Waals surface area contributed by atoms with Crippen molar-refractivity contribution in [3.63, 3.8) is 0 Å². The van der Waals surface area contributed by atoms with Crippen LogP contribution in [-0.4, -0.2) is 13.0 Å². The number of amides is 1. The summed E-state index contributed by atoms with van der Waals surface area (Å²) in [4.78, 5) is 13.8. The third-order valence-corrected chi connectivity index (χ3v) is 5.32. The van der Waals surface area contributed by atoms with Crippen LogP contribution in [-0.2, 0) is 17.6 Å². The van der Waals surface area contributed by atoms with Gasteiger partial charge < -0.3 is 10.1 Å². The van der Waals surface area contributed by atoms with Crippen LogP contribution in [0.15, 0.2) is 66.0 Å². The molecule has 26 heavy (non-hydrogen) atoms. The van der Waals surface area contributed by atoms with Crippen LogP contribution in [0.4, 0.5) is 0 Å². The molecule has 0 aliphatic rings. The molecule has 1 aromatic heterocycles. The van der Waals surface area contributed by atoms with Crippen LogP contribution < -0.4 is 10.1 Å². The van der Waals surface area contributed by atoms with Crippen LogP contribution in [0.3, 0.4) is 0 Å². The molecule has 0 saturated heterocycles. The number of ether oxygens (including phenoxy) is 1. The van der Waals surface area contributed by atoms with E-state index >= 15 is 0 Å². The molecule has 0 spiro atoms. The lowest BCUT2D eigenvalue weighted by Crippen LogP contribution is -2.30. The van der Waals surface area contributed by atoms with Crippen LogP contribution in [0.2, 0.25) is 0 Å². The van der Waals surface area contributed by atoms with Crippen LogP contribution in [0.5, 0.6) is 5.75 Å². The minimum atomic E-state index is -0.119. The Morgan fingerprint density at radius 1 is 1.04 bits per heavy atom. The first-order valence-electron chi connectivity index (χ1n) is 8.74. The van der Waals surface area contributed by atoms with Gasteiger partial charge in [-0.15, -0.1) is 11.3 Å². The minimum absolute atomic E-state index is 0.00753. The zero-order valence-corrected chi connectivity index (χ0v) is 15.9. The van der Waals surface area contributed by atoms with E-state index in [1.54, 1.807) is 18.4 Å². The Labute approximate surface area is 158 Å². The van der Waals surface area contributed by atoms with Crippen molar-refractivity contribution in [2.45, 2.75) is 25.8 Å². The SMILES string of the molecule is CCc1ccc([C@H](NC(=O)Cc2ccc(OC)cc2)c2cccs2)cc1. The molecule has 0 bridgehead atoms. The first-order valence-corrected chi connectivity index (χ1v) is 9.62. The van der Waals surface area contributed by atoms with Gasteiger partial charge in [0.1, 0.15) is 5.75 Å². The number of rotatable bonds is 7. The van der Waals surface area contributed by atoms with E-state index in [4.69, 9.17) is 4.74 Å². The molecule has 0 fully saturated rings. The molecular weight excluding hydrogens is 342 g/mol. The van der Waals surface area contributed by atoms with Crippen LogP contribution in [0.25, 0.3) is 0 Å². The van der Waals surface area contributed by atoms with Crippen LogP contribution >= 0.6 is 11.3 Å². The average Bonchev–Trinajstić information content (AvgIpc) is 3.21. The fourth-order valence-electron chi connectivity index (χ4n) is 2.86. The smallest absolute Gasteiger partial charge is 0.225 e. The number of carbonyl (C=O) groups excluding carboxylic acids is 1. The highest BCUT2D eigenvalue weighted by molar-refractivity contribution is 7.10. The summed E-state index contributed by atoms with van der Waals surface area (Å²) in [5.74, 6) is 0.801. The highest BCUT2D eigenvalue weighted by Gasteiger charge is 2.18. The predicted molar refractivity (Wildman–Crippen MR) is 107 cm³/mol. The van der Waals surface area contributed by atoms with Crippen molar-refractivity contribution < 1.29 is 9.53 Å². The third-order valence-electron chi connectivity index (χ3n) is 4.38. The van der Waals surface area contributed by atoms with E-state index in [9.17, 15) is 4.79 Å². The number of hydrogen-bond donors (Lipinski definition) is 1. The van der Waals surface area contributed by atoms with Gasteiger partial charge in [-0.2, -0.15) is 0 Å². The van der Waals surface area contributed by atoms with Gasteiger partial charge in [-0.25, -0.2) is 0 Å². The molecule has 0 aliphatic carbocycles. The second-order valence-electron chi connectivity index (χ2n) is 6.14. The molecule has 4 heteroatoms. The number of methoxy groups -OCH3 is 1. The van der Waals surface area contributed by atoms with Crippen LogP contribution in [0, 0.1) is 0 Å². The third kappa shape index (κ3) is 4.52. The van der Waals surface area contributed by atoms with Gasteiger partial charge in [-0.1, -0.05) is 49.4 Å². The second-order valence-corrected chi connectivity index (χ2v) is 7.12. The van der Waals surface area contributed by atoms with E-state index in [1.165, 1.54) is 5.56 Å². The van der Waals surface area contributed by atoms with Gasteiger partial charge in [0.2, 0.25) is 5.91 Å². The van der Waals surface area contributed by atoms with Crippen molar-refractivity contribution in [1.82, 2.24) is 5.32 Å². The lowest BCUT2D eigenvalue weighted by Gasteiger charge is -2.18. The molecule has 1 heterocycles. The fourth-order valence-corrected chi connectivity index (χ4v) is 3.66. The van der Waals surface area contributed by atoms with E-state index in [2.05, 4.69) is 42.6 Å². The predicted octanol–water partition coefficient (Wildman–Crippen LogP) is 4.77. The monoisotopic (exact) mass is 365 g/mol. The maximum absolute atomic E-state index is 12.6.